The molecule has 0 saturated carbocycles. The summed E-state index contributed by atoms with van der Waals surface area (Å²) in [5.74, 6) is -0.0791. The normalized spacial score (nSPS) is 16.2. The molecule has 30 heavy (non-hydrogen) atoms. The number of para-hydroxylation sites is 2. The van der Waals surface area contributed by atoms with Crippen molar-refractivity contribution in [3.63, 3.8) is 0 Å². The van der Waals surface area contributed by atoms with Gasteiger partial charge in [0.2, 0.25) is 5.56 Å². The van der Waals surface area contributed by atoms with Crippen LogP contribution in [-0.4, -0.2) is 51.9 Å². The van der Waals surface area contributed by atoms with Gasteiger partial charge < -0.3 is 9.88 Å². The molecule has 152 valence electrons. The van der Waals surface area contributed by atoms with E-state index in [-0.39, 0.29) is 17.5 Å². The van der Waals surface area contributed by atoms with Gasteiger partial charge in [0.15, 0.2) is 0 Å². The number of carbonyl (C=O) groups excluding carboxylic acids is 1. The Hall–Kier alpha value is -3.03. The summed E-state index contributed by atoms with van der Waals surface area (Å²) < 4.78 is 1.20. The molecule has 5 rings (SSSR count). The van der Waals surface area contributed by atoms with Gasteiger partial charge in [-0.1, -0.05) is 30.3 Å². The van der Waals surface area contributed by atoms with Gasteiger partial charge >= 0.3 is 0 Å². The van der Waals surface area contributed by atoms with Gasteiger partial charge in [-0.15, -0.1) is 11.3 Å². The van der Waals surface area contributed by atoms with E-state index in [0.717, 1.165) is 29.0 Å². The minimum Gasteiger partial charge on any atom is -0.336 e. The number of benzene rings is 2. The number of hydrogen-bond donors (Lipinski definition) is 1. The molecule has 1 amide bonds. The van der Waals surface area contributed by atoms with Crippen molar-refractivity contribution in [2.75, 3.05) is 26.2 Å². The number of carbonyl (C=O) groups is 1. The molecular weight excluding hydrogens is 396 g/mol. The lowest BCUT2D eigenvalue weighted by atomic mass is 10.1. The van der Waals surface area contributed by atoms with E-state index < -0.39 is 0 Å². The summed E-state index contributed by atoms with van der Waals surface area (Å²) in [4.78, 5) is 37.0. The molecule has 1 unspecified atom stereocenters. The lowest BCUT2D eigenvalue weighted by Crippen LogP contribution is -2.49. The van der Waals surface area contributed by atoms with Crippen LogP contribution in [0.3, 0.4) is 0 Å². The van der Waals surface area contributed by atoms with Gasteiger partial charge in [-0.25, -0.2) is 4.98 Å². The smallest absolute Gasteiger partial charge is 0.254 e. The molecule has 3 heterocycles. The first kappa shape index (κ1) is 19.0. The number of rotatable bonds is 3. The van der Waals surface area contributed by atoms with Gasteiger partial charge in [0.1, 0.15) is 5.01 Å². The van der Waals surface area contributed by atoms with Crippen LogP contribution in [0.2, 0.25) is 0 Å². The summed E-state index contributed by atoms with van der Waals surface area (Å²) in [7, 11) is 0. The molecule has 1 saturated heterocycles. The molecule has 1 N–H and O–H groups in total. The lowest BCUT2D eigenvalue weighted by molar-refractivity contribution is 0.0584. The van der Waals surface area contributed by atoms with Crippen LogP contribution in [0, 0.1) is 0 Å². The molecule has 1 aliphatic rings. The molecule has 2 aromatic heterocycles. The highest BCUT2D eigenvalue weighted by Gasteiger charge is 2.27. The zero-order valence-corrected chi connectivity index (χ0v) is 17.5. The lowest BCUT2D eigenvalue weighted by Gasteiger charge is -2.37. The average molecular weight is 419 g/mol. The fraction of sp³-hybridized carbons (Fsp3) is 0.261. The second-order valence-electron chi connectivity index (χ2n) is 7.62. The summed E-state index contributed by atoms with van der Waals surface area (Å²) >= 11 is 1.73. The predicted molar refractivity (Wildman–Crippen MR) is 120 cm³/mol. The molecule has 1 aliphatic heterocycles. The number of piperazine rings is 1. The van der Waals surface area contributed by atoms with Crippen molar-refractivity contribution in [1.29, 1.82) is 0 Å². The number of aromatic amines is 1. The number of hydrogen-bond acceptors (Lipinski definition) is 5. The zero-order chi connectivity index (χ0) is 20.7. The van der Waals surface area contributed by atoms with Crippen LogP contribution in [0.1, 0.15) is 28.3 Å². The van der Waals surface area contributed by atoms with E-state index in [4.69, 9.17) is 4.98 Å². The minimum atomic E-state index is -0.250. The molecule has 0 aliphatic carbocycles. The fourth-order valence-electron chi connectivity index (χ4n) is 4.09. The Kier molecular flexibility index (Phi) is 4.84. The third kappa shape index (κ3) is 3.40. The van der Waals surface area contributed by atoms with E-state index >= 15 is 0 Å². The SMILES string of the molecule is CC(c1nc2ccccc2s1)N1CCN(C(=O)c2cc(=O)[nH]c3ccccc23)CC1. The van der Waals surface area contributed by atoms with E-state index in [0.29, 0.717) is 24.2 Å². The molecule has 1 atom stereocenters. The van der Waals surface area contributed by atoms with Crippen LogP contribution in [0.15, 0.2) is 59.4 Å². The Morgan fingerprint density at radius 3 is 2.60 bits per heavy atom. The number of H-pyrrole nitrogens is 1. The highest BCUT2D eigenvalue weighted by molar-refractivity contribution is 7.18. The standard InChI is InChI=1S/C23H22N4O2S/c1-15(22-25-19-8-4-5-9-20(19)30-22)26-10-12-27(13-11-26)23(29)17-14-21(28)24-18-7-3-2-6-16(17)18/h2-9,14-15H,10-13H2,1H3,(H,24,28). The maximum atomic E-state index is 13.2. The number of fused-ring (bicyclic) bond motifs is 2. The molecule has 7 heteroatoms. The monoisotopic (exact) mass is 418 g/mol. The first-order valence-corrected chi connectivity index (χ1v) is 10.9. The second-order valence-corrected chi connectivity index (χ2v) is 8.68. The van der Waals surface area contributed by atoms with E-state index in [2.05, 4.69) is 22.9 Å². The van der Waals surface area contributed by atoms with Gasteiger partial charge in [0, 0.05) is 43.1 Å². The number of pyridine rings is 1. The quantitative estimate of drug-likeness (QED) is 0.551. The molecule has 4 aromatic rings. The summed E-state index contributed by atoms with van der Waals surface area (Å²) in [6.07, 6.45) is 0. The Balaban J connectivity index is 1.32. The predicted octanol–water partition coefficient (Wildman–Crippen LogP) is 3.66. The second kappa shape index (κ2) is 7.66. The Morgan fingerprint density at radius 2 is 1.80 bits per heavy atom. The molecule has 1 fully saturated rings. The van der Waals surface area contributed by atoms with Crippen molar-refractivity contribution >= 4 is 38.4 Å². The van der Waals surface area contributed by atoms with Gasteiger partial charge in [0.05, 0.1) is 21.8 Å². The van der Waals surface area contributed by atoms with Crippen molar-refractivity contribution in [3.8, 4) is 0 Å². The number of thiazole rings is 1. The third-order valence-electron chi connectivity index (χ3n) is 5.80. The van der Waals surface area contributed by atoms with Crippen LogP contribution in [0.4, 0.5) is 0 Å². The molecular formula is C23H22N4O2S. The summed E-state index contributed by atoms with van der Waals surface area (Å²) in [5, 5.41) is 1.89. The van der Waals surface area contributed by atoms with Gasteiger partial charge in [0.25, 0.3) is 5.91 Å². The van der Waals surface area contributed by atoms with E-state index in [1.807, 2.05) is 47.4 Å². The van der Waals surface area contributed by atoms with Gasteiger partial charge in [-0.05, 0) is 25.1 Å². The Morgan fingerprint density at radius 1 is 1.07 bits per heavy atom. The molecule has 6 nitrogen and oxygen atoms in total. The number of nitrogens with one attached hydrogen (secondary N) is 1. The van der Waals surface area contributed by atoms with Crippen LogP contribution in [0.5, 0.6) is 0 Å². The number of aromatic nitrogens is 2. The Labute approximate surface area is 177 Å². The first-order chi connectivity index (χ1) is 14.6. The molecule has 0 bridgehead atoms. The van der Waals surface area contributed by atoms with Crippen molar-refractivity contribution in [3.05, 3.63) is 75.5 Å². The Bertz CT molecular complexity index is 1250. The minimum absolute atomic E-state index is 0.0791. The average Bonchev–Trinajstić information content (AvgIpc) is 3.22. The largest absolute Gasteiger partial charge is 0.336 e. The van der Waals surface area contributed by atoms with E-state index in [1.165, 1.54) is 10.8 Å². The van der Waals surface area contributed by atoms with Gasteiger partial charge in [-0.3, -0.25) is 14.5 Å². The van der Waals surface area contributed by atoms with Crippen molar-refractivity contribution in [1.82, 2.24) is 19.8 Å². The highest BCUT2D eigenvalue weighted by Crippen LogP contribution is 2.30. The van der Waals surface area contributed by atoms with Gasteiger partial charge in [-0.2, -0.15) is 0 Å². The fourth-order valence-corrected chi connectivity index (χ4v) is 5.14. The molecule has 0 radical (unpaired) electrons. The third-order valence-corrected chi connectivity index (χ3v) is 7.00. The molecule has 2 aromatic carbocycles. The maximum absolute atomic E-state index is 13.2. The van der Waals surface area contributed by atoms with E-state index in [1.54, 1.807) is 11.3 Å². The topological polar surface area (TPSA) is 69.3 Å². The number of amides is 1. The molecule has 0 spiro atoms. The van der Waals surface area contributed by atoms with Crippen molar-refractivity contribution in [2.24, 2.45) is 0 Å². The maximum Gasteiger partial charge on any atom is 0.254 e. The van der Waals surface area contributed by atoms with Crippen LogP contribution in [-0.2, 0) is 0 Å². The summed E-state index contributed by atoms with van der Waals surface area (Å²) in [5.41, 5.74) is 1.96. The highest BCUT2D eigenvalue weighted by atomic mass is 32.1. The van der Waals surface area contributed by atoms with Crippen LogP contribution >= 0.6 is 11.3 Å². The van der Waals surface area contributed by atoms with Crippen molar-refractivity contribution in [2.45, 2.75) is 13.0 Å². The first-order valence-electron chi connectivity index (χ1n) is 10.1. The van der Waals surface area contributed by atoms with Crippen molar-refractivity contribution < 1.29 is 4.79 Å². The number of nitrogens with zero attached hydrogens (tertiary/aromatic N) is 3. The zero-order valence-electron chi connectivity index (χ0n) is 16.7. The summed E-state index contributed by atoms with van der Waals surface area (Å²) in [6.45, 7) is 5.01. The van der Waals surface area contributed by atoms with Crippen LogP contribution < -0.4 is 5.56 Å². The van der Waals surface area contributed by atoms with Crippen LogP contribution in [0.25, 0.3) is 21.1 Å². The summed E-state index contributed by atoms with van der Waals surface area (Å²) in [6, 6.07) is 17.3. The van der Waals surface area contributed by atoms with E-state index in [9.17, 15) is 9.59 Å².